The summed E-state index contributed by atoms with van der Waals surface area (Å²) in [6.45, 7) is 3.21. The van der Waals surface area contributed by atoms with E-state index in [0.29, 0.717) is 0 Å². The van der Waals surface area contributed by atoms with Crippen molar-refractivity contribution in [2.45, 2.75) is 0 Å². The third kappa shape index (κ3) is 3.15. The first kappa shape index (κ1) is 10.1. The molecular weight excluding hydrogens is 180 g/mol. The largest absolute Gasteiger partial charge is 0.481 e. The van der Waals surface area contributed by atoms with Crippen LogP contribution in [-0.4, -0.2) is 11.1 Å². The first-order chi connectivity index (χ1) is 6.72. The summed E-state index contributed by atoms with van der Waals surface area (Å²) in [6, 6.07) is 9.03. The summed E-state index contributed by atoms with van der Waals surface area (Å²) in [5.74, 6) is -1.13. The van der Waals surface area contributed by atoms with Crippen LogP contribution in [-0.2, 0) is 9.53 Å². The molecule has 0 aliphatic carbocycles. The minimum absolute atomic E-state index is 0.443. The minimum Gasteiger partial charge on any atom is -0.481 e. The number of carbonyl (C=O) groups is 1. The zero-order valence-corrected chi connectivity index (χ0v) is 7.51. The van der Waals surface area contributed by atoms with E-state index in [1.807, 2.05) is 18.2 Å². The van der Waals surface area contributed by atoms with Gasteiger partial charge in [-0.3, -0.25) is 0 Å². The molecule has 1 N–H and O–H groups in total. The lowest BCUT2D eigenvalue weighted by Crippen LogP contribution is -1.98. The molecule has 0 aliphatic rings. The molecule has 0 spiro atoms. The Balaban J connectivity index is 2.69. The number of carbonyl (C=O) groups excluding carboxylic acids is 1. The Kier molecular flexibility index (Phi) is 3.49. The summed E-state index contributed by atoms with van der Waals surface area (Å²) in [6.07, 6.45) is 2.33. The Bertz CT molecular complexity index is 352. The molecule has 3 heteroatoms. The van der Waals surface area contributed by atoms with E-state index >= 15 is 0 Å². The number of benzene rings is 1. The van der Waals surface area contributed by atoms with Crippen LogP contribution in [0.15, 0.2) is 48.9 Å². The smallest absolute Gasteiger partial charge is 0.337 e. The van der Waals surface area contributed by atoms with E-state index in [9.17, 15) is 9.90 Å². The molecule has 0 radical (unpaired) electrons. The molecule has 72 valence electrons. The lowest BCUT2D eigenvalue weighted by Gasteiger charge is -1.98. The van der Waals surface area contributed by atoms with Crippen LogP contribution in [0.4, 0.5) is 0 Å². The van der Waals surface area contributed by atoms with E-state index in [2.05, 4.69) is 11.3 Å². The van der Waals surface area contributed by atoms with Gasteiger partial charge in [0.15, 0.2) is 0 Å². The van der Waals surface area contributed by atoms with Gasteiger partial charge in [0.2, 0.25) is 0 Å². The van der Waals surface area contributed by atoms with Gasteiger partial charge in [-0.05, 0) is 5.56 Å². The molecule has 0 bridgehead atoms. The van der Waals surface area contributed by atoms with Crippen LogP contribution in [0.3, 0.4) is 0 Å². The van der Waals surface area contributed by atoms with E-state index in [1.165, 1.54) is 6.08 Å². The highest BCUT2D eigenvalue weighted by atomic mass is 16.6. The lowest BCUT2D eigenvalue weighted by atomic mass is 10.2. The lowest BCUT2D eigenvalue weighted by molar-refractivity contribution is -0.137. The van der Waals surface area contributed by atoms with Crippen LogP contribution in [0.1, 0.15) is 5.56 Å². The summed E-state index contributed by atoms with van der Waals surface area (Å²) in [5.41, 5.74) is 0.752. The van der Waals surface area contributed by atoms with Crippen LogP contribution in [0, 0.1) is 0 Å². The number of rotatable bonds is 3. The molecule has 1 rings (SSSR count). The Morgan fingerprint density at radius 3 is 2.57 bits per heavy atom. The van der Waals surface area contributed by atoms with Gasteiger partial charge < -0.3 is 9.84 Å². The maximum absolute atomic E-state index is 10.7. The summed E-state index contributed by atoms with van der Waals surface area (Å²) < 4.78 is 4.46. The number of esters is 1. The van der Waals surface area contributed by atoms with Crippen LogP contribution in [0.2, 0.25) is 0 Å². The molecule has 0 unspecified atom stereocenters. The zero-order valence-electron chi connectivity index (χ0n) is 7.51. The van der Waals surface area contributed by atoms with E-state index < -0.39 is 11.9 Å². The molecule has 0 heterocycles. The molecule has 0 atom stereocenters. The summed E-state index contributed by atoms with van der Waals surface area (Å²) >= 11 is 0. The highest BCUT2D eigenvalue weighted by Crippen LogP contribution is 2.05. The fourth-order valence-corrected chi connectivity index (χ4v) is 0.866. The van der Waals surface area contributed by atoms with Crippen molar-refractivity contribution >= 4 is 12.0 Å². The Labute approximate surface area is 81.9 Å². The predicted octanol–water partition coefficient (Wildman–Crippen LogP) is 2.27. The average molecular weight is 190 g/mol. The first-order valence-electron chi connectivity index (χ1n) is 4.02. The van der Waals surface area contributed by atoms with Gasteiger partial charge in [-0.25, -0.2) is 4.79 Å². The Hall–Kier alpha value is -2.03. The normalized spacial score (nSPS) is 10.7. The number of aliphatic hydroxyl groups excluding tert-OH is 1. The monoisotopic (exact) mass is 190 g/mol. The second-order valence-corrected chi connectivity index (χ2v) is 2.52. The van der Waals surface area contributed by atoms with Gasteiger partial charge in [-0.15, -0.1) is 0 Å². The third-order valence-corrected chi connectivity index (χ3v) is 1.46. The van der Waals surface area contributed by atoms with E-state index in [-0.39, 0.29) is 0 Å². The first-order valence-corrected chi connectivity index (χ1v) is 4.02. The van der Waals surface area contributed by atoms with Crippen molar-refractivity contribution in [2.24, 2.45) is 0 Å². The second-order valence-electron chi connectivity index (χ2n) is 2.52. The fraction of sp³-hybridized carbons (Fsp3) is 0. The maximum Gasteiger partial charge on any atom is 0.337 e. The van der Waals surface area contributed by atoms with Crippen LogP contribution in [0.25, 0.3) is 6.08 Å². The molecule has 1 aromatic carbocycles. The van der Waals surface area contributed by atoms with Crippen LogP contribution >= 0.6 is 0 Å². The molecule has 1 aromatic rings. The average Bonchev–Trinajstić information content (AvgIpc) is 2.19. The van der Waals surface area contributed by atoms with Crippen molar-refractivity contribution in [2.75, 3.05) is 0 Å². The van der Waals surface area contributed by atoms with Crippen LogP contribution < -0.4 is 0 Å². The quantitative estimate of drug-likeness (QED) is 0.452. The molecule has 0 amide bonds. The molecule has 0 saturated heterocycles. The fourth-order valence-electron chi connectivity index (χ4n) is 0.866. The predicted molar refractivity (Wildman–Crippen MR) is 53.3 cm³/mol. The van der Waals surface area contributed by atoms with Gasteiger partial charge in [-0.2, -0.15) is 0 Å². The van der Waals surface area contributed by atoms with Crippen molar-refractivity contribution in [3.8, 4) is 0 Å². The van der Waals surface area contributed by atoms with Gasteiger partial charge in [0.25, 0.3) is 5.95 Å². The zero-order chi connectivity index (χ0) is 10.4. The molecule has 0 aliphatic heterocycles. The van der Waals surface area contributed by atoms with Gasteiger partial charge in [0.1, 0.15) is 0 Å². The van der Waals surface area contributed by atoms with E-state index in [0.717, 1.165) is 11.6 Å². The maximum atomic E-state index is 10.7. The number of hydrogen-bond donors (Lipinski definition) is 1. The molecule has 3 nitrogen and oxygen atoms in total. The second kappa shape index (κ2) is 4.87. The highest BCUT2D eigenvalue weighted by molar-refractivity contribution is 5.82. The molecular formula is C11H10O3. The van der Waals surface area contributed by atoms with E-state index in [4.69, 9.17) is 0 Å². The summed E-state index contributed by atoms with van der Waals surface area (Å²) in [7, 11) is 0. The van der Waals surface area contributed by atoms with Gasteiger partial charge >= 0.3 is 5.97 Å². The van der Waals surface area contributed by atoms with Crippen molar-refractivity contribution in [1.82, 2.24) is 0 Å². The topological polar surface area (TPSA) is 46.5 Å². The highest BCUT2D eigenvalue weighted by Gasteiger charge is 1.99. The number of hydrogen-bond acceptors (Lipinski definition) is 3. The molecule has 14 heavy (non-hydrogen) atoms. The standard InChI is InChI=1S/C11H10O3/c1-2-10(12)14-11(13)8-9-6-4-3-5-7-9/h2-8,13H,1H2. The van der Waals surface area contributed by atoms with Crippen molar-refractivity contribution in [3.63, 3.8) is 0 Å². The van der Waals surface area contributed by atoms with Crippen molar-refractivity contribution < 1.29 is 14.6 Å². The van der Waals surface area contributed by atoms with Crippen molar-refractivity contribution in [3.05, 3.63) is 54.5 Å². The molecule has 0 fully saturated rings. The minimum atomic E-state index is -0.685. The summed E-state index contributed by atoms with van der Waals surface area (Å²) in [4.78, 5) is 10.7. The molecule has 0 aromatic heterocycles. The SMILES string of the molecule is C=CC(=O)OC(O)=Cc1ccccc1. The summed E-state index contributed by atoms with van der Waals surface area (Å²) in [5, 5.41) is 9.17. The van der Waals surface area contributed by atoms with Gasteiger partial charge in [-0.1, -0.05) is 36.9 Å². The van der Waals surface area contributed by atoms with E-state index in [1.54, 1.807) is 12.1 Å². The third-order valence-electron chi connectivity index (χ3n) is 1.46. The van der Waals surface area contributed by atoms with Gasteiger partial charge in [0, 0.05) is 12.2 Å². The number of aliphatic hydroxyl groups is 1. The number of ether oxygens (including phenoxy) is 1. The Morgan fingerprint density at radius 2 is 2.00 bits per heavy atom. The van der Waals surface area contributed by atoms with Crippen LogP contribution in [0.5, 0.6) is 0 Å². The Morgan fingerprint density at radius 1 is 1.36 bits per heavy atom. The molecule has 0 saturated carbocycles. The van der Waals surface area contributed by atoms with Crippen molar-refractivity contribution in [1.29, 1.82) is 0 Å². The van der Waals surface area contributed by atoms with Gasteiger partial charge in [0.05, 0.1) is 0 Å².